The lowest BCUT2D eigenvalue weighted by molar-refractivity contribution is -0.166. The van der Waals surface area contributed by atoms with Crippen molar-refractivity contribution in [2.24, 2.45) is 0 Å². The lowest BCUT2D eigenvalue weighted by Crippen LogP contribution is -2.41. The summed E-state index contributed by atoms with van der Waals surface area (Å²) in [7, 11) is 1.51. The molecule has 1 rings (SSSR count). The molecule has 1 aliphatic heterocycles. The standard InChI is InChI=1S/C7H12O4/c1-10-5-3-2-4-11-6(5)7(8)9/h5-6H,2-4H2,1H3,(H,8,9)/t5-,6-/m0/s1. The van der Waals surface area contributed by atoms with E-state index in [2.05, 4.69) is 0 Å². The predicted molar refractivity (Wildman–Crippen MR) is 37.4 cm³/mol. The summed E-state index contributed by atoms with van der Waals surface area (Å²) < 4.78 is 9.98. The van der Waals surface area contributed by atoms with Gasteiger partial charge >= 0.3 is 5.97 Å². The van der Waals surface area contributed by atoms with E-state index in [-0.39, 0.29) is 6.10 Å². The first kappa shape index (κ1) is 8.49. The molecule has 1 fully saturated rings. The van der Waals surface area contributed by atoms with Crippen molar-refractivity contribution in [3.63, 3.8) is 0 Å². The Kier molecular flexibility index (Phi) is 2.84. The molecular formula is C7H12O4. The number of hydrogen-bond acceptors (Lipinski definition) is 3. The van der Waals surface area contributed by atoms with E-state index in [1.807, 2.05) is 0 Å². The van der Waals surface area contributed by atoms with Gasteiger partial charge in [0, 0.05) is 13.7 Å². The van der Waals surface area contributed by atoms with Crippen LogP contribution in [0.4, 0.5) is 0 Å². The van der Waals surface area contributed by atoms with Crippen LogP contribution >= 0.6 is 0 Å². The van der Waals surface area contributed by atoms with E-state index in [0.717, 1.165) is 12.8 Å². The van der Waals surface area contributed by atoms with Crippen LogP contribution in [-0.4, -0.2) is 37.0 Å². The van der Waals surface area contributed by atoms with Crippen LogP contribution in [0, 0.1) is 0 Å². The van der Waals surface area contributed by atoms with Gasteiger partial charge in [-0.2, -0.15) is 0 Å². The molecule has 0 radical (unpaired) electrons. The minimum atomic E-state index is -0.934. The van der Waals surface area contributed by atoms with Gasteiger partial charge in [0.25, 0.3) is 0 Å². The molecular weight excluding hydrogens is 148 g/mol. The van der Waals surface area contributed by atoms with Gasteiger partial charge in [0.15, 0.2) is 6.10 Å². The number of hydrogen-bond donors (Lipinski definition) is 1. The number of carboxylic acid groups (broad SMARTS) is 1. The lowest BCUT2D eigenvalue weighted by atomic mass is 10.1. The normalized spacial score (nSPS) is 31.7. The van der Waals surface area contributed by atoms with Crippen LogP contribution in [0.3, 0.4) is 0 Å². The number of methoxy groups -OCH3 is 1. The van der Waals surface area contributed by atoms with Gasteiger partial charge in [-0.3, -0.25) is 0 Å². The highest BCUT2D eigenvalue weighted by Crippen LogP contribution is 2.16. The van der Waals surface area contributed by atoms with Crippen molar-refractivity contribution >= 4 is 5.97 Å². The smallest absolute Gasteiger partial charge is 0.335 e. The predicted octanol–water partition coefficient (Wildman–Crippen LogP) is 0.265. The van der Waals surface area contributed by atoms with Crippen molar-refractivity contribution in [3.8, 4) is 0 Å². The molecule has 2 atom stereocenters. The zero-order valence-electron chi connectivity index (χ0n) is 6.45. The first-order valence-electron chi connectivity index (χ1n) is 3.63. The van der Waals surface area contributed by atoms with Gasteiger partial charge in [-0.05, 0) is 12.8 Å². The molecule has 0 unspecified atom stereocenters. The third kappa shape index (κ3) is 1.91. The van der Waals surface area contributed by atoms with Gasteiger partial charge in [-0.25, -0.2) is 4.79 Å². The van der Waals surface area contributed by atoms with Crippen LogP contribution in [0.25, 0.3) is 0 Å². The molecule has 0 spiro atoms. The number of ether oxygens (including phenoxy) is 2. The largest absolute Gasteiger partial charge is 0.479 e. The zero-order chi connectivity index (χ0) is 8.27. The van der Waals surface area contributed by atoms with Gasteiger partial charge < -0.3 is 14.6 Å². The fourth-order valence-corrected chi connectivity index (χ4v) is 1.23. The maximum absolute atomic E-state index is 10.5. The summed E-state index contributed by atoms with van der Waals surface area (Å²) in [6, 6.07) is 0. The van der Waals surface area contributed by atoms with Crippen molar-refractivity contribution in [1.29, 1.82) is 0 Å². The van der Waals surface area contributed by atoms with E-state index in [1.165, 1.54) is 7.11 Å². The highest BCUT2D eigenvalue weighted by molar-refractivity contribution is 5.73. The van der Waals surface area contributed by atoms with Crippen molar-refractivity contribution in [2.75, 3.05) is 13.7 Å². The van der Waals surface area contributed by atoms with Crippen LogP contribution in [0.15, 0.2) is 0 Å². The van der Waals surface area contributed by atoms with Gasteiger partial charge in [0.1, 0.15) is 0 Å². The molecule has 0 bridgehead atoms. The molecule has 0 saturated carbocycles. The Labute approximate surface area is 65.1 Å². The van der Waals surface area contributed by atoms with Crippen molar-refractivity contribution in [1.82, 2.24) is 0 Å². The Morgan fingerprint density at radius 3 is 2.91 bits per heavy atom. The summed E-state index contributed by atoms with van der Waals surface area (Å²) in [5.74, 6) is -0.934. The number of aliphatic carboxylic acids is 1. The Morgan fingerprint density at radius 2 is 2.45 bits per heavy atom. The molecule has 11 heavy (non-hydrogen) atoms. The monoisotopic (exact) mass is 160 g/mol. The Bertz CT molecular complexity index is 145. The summed E-state index contributed by atoms with van der Waals surface area (Å²) in [5.41, 5.74) is 0. The minimum absolute atomic E-state index is 0.277. The molecule has 0 aromatic heterocycles. The van der Waals surface area contributed by atoms with E-state index >= 15 is 0 Å². The molecule has 0 aromatic rings. The maximum atomic E-state index is 10.5. The topological polar surface area (TPSA) is 55.8 Å². The second kappa shape index (κ2) is 3.69. The first-order valence-corrected chi connectivity index (χ1v) is 3.63. The molecule has 1 saturated heterocycles. The maximum Gasteiger partial charge on any atom is 0.335 e. The van der Waals surface area contributed by atoms with E-state index < -0.39 is 12.1 Å². The molecule has 0 amide bonds. The molecule has 0 aromatic carbocycles. The molecule has 0 aliphatic carbocycles. The van der Waals surface area contributed by atoms with Crippen molar-refractivity contribution in [3.05, 3.63) is 0 Å². The highest BCUT2D eigenvalue weighted by atomic mass is 16.6. The third-order valence-electron chi connectivity index (χ3n) is 1.81. The average Bonchev–Trinajstić information content (AvgIpc) is 2.04. The summed E-state index contributed by atoms with van der Waals surface area (Å²) in [5, 5.41) is 8.63. The fraction of sp³-hybridized carbons (Fsp3) is 0.857. The summed E-state index contributed by atoms with van der Waals surface area (Å²) >= 11 is 0. The van der Waals surface area contributed by atoms with Crippen molar-refractivity contribution in [2.45, 2.75) is 25.0 Å². The number of carbonyl (C=O) groups is 1. The first-order chi connectivity index (χ1) is 5.25. The zero-order valence-corrected chi connectivity index (χ0v) is 6.45. The molecule has 1 aliphatic rings. The molecule has 1 heterocycles. The Balaban J connectivity index is 2.51. The van der Waals surface area contributed by atoms with E-state index in [1.54, 1.807) is 0 Å². The molecule has 1 N–H and O–H groups in total. The van der Waals surface area contributed by atoms with Crippen LogP contribution < -0.4 is 0 Å². The van der Waals surface area contributed by atoms with Gasteiger partial charge in [0.05, 0.1) is 6.10 Å². The number of carboxylic acids is 1. The van der Waals surface area contributed by atoms with E-state index in [4.69, 9.17) is 14.6 Å². The lowest BCUT2D eigenvalue weighted by Gasteiger charge is -2.27. The van der Waals surface area contributed by atoms with Crippen molar-refractivity contribution < 1.29 is 19.4 Å². The fourth-order valence-electron chi connectivity index (χ4n) is 1.23. The van der Waals surface area contributed by atoms with Crippen LogP contribution in [-0.2, 0) is 14.3 Å². The second-order valence-electron chi connectivity index (χ2n) is 2.55. The average molecular weight is 160 g/mol. The Morgan fingerprint density at radius 1 is 1.73 bits per heavy atom. The van der Waals surface area contributed by atoms with Gasteiger partial charge in [-0.15, -0.1) is 0 Å². The minimum Gasteiger partial charge on any atom is -0.479 e. The molecule has 4 heteroatoms. The van der Waals surface area contributed by atoms with E-state index in [9.17, 15) is 4.79 Å². The van der Waals surface area contributed by atoms with Crippen LogP contribution in [0.5, 0.6) is 0 Å². The van der Waals surface area contributed by atoms with Crippen LogP contribution in [0.2, 0.25) is 0 Å². The summed E-state index contributed by atoms with van der Waals surface area (Å²) in [4.78, 5) is 10.5. The Hall–Kier alpha value is -0.610. The van der Waals surface area contributed by atoms with E-state index in [0.29, 0.717) is 6.61 Å². The second-order valence-corrected chi connectivity index (χ2v) is 2.55. The SMILES string of the molecule is CO[C@H]1CCCO[C@@H]1C(=O)O. The van der Waals surface area contributed by atoms with Gasteiger partial charge in [0.2, 0.25) is 0 Å². The molecule has 4 nitrogen and oxygen atoms in total. The summed E-state index contributed by atoms with van der Waals surface area (Å²) in [6.07, 6.45) is 0.602. The number of rotatable bonds is 2. The summed E-state index contributed by atoms with van der Waals surface area (Å²) in [6.45, 7) is 0.525. The van der Waals surface area contributed by atoms with Crippen LogP contribution in [0.1, 0.15) is 12.8 Å². The third-order valence-corrected chi connectivity index (χ3v) is 1.81. The van der Waals surface area contributed by atoms with Gasteiger partial charge in [-0.1, -0.05) is 0 Å². The highest BCUT2D eigenvalue weighted by Gasteiger charge is 2.31. The molecule has 64 valence electrons. The quantitative estimate of drug-likeness (QED) is 0.629.